The van der Waals surface area contributed by atoms with Gasteiger partial charge in [0, 0.05) is 23.5 Å². The van der Waals surface area contributed by atoms with Crippen molar-refractivity contribution in [2.45, 2.75) is 26.7 Å². The summed E-state index contributed by atoms with van der Waals surface area (Å²) in [5, 5.41) is 10.3. The zero-order valence-electron chi connectivity index (χ0n) is 13.9. The molecule has 1 aromatic heterocycles. The lowest BCUT2D eigenvalue weighted by Crippen LogP contribution is -2.33. The van der Waals surface area contributed by atoms with Gasteiger partial charge in [-0.1, -0.05) is 18.2 Å². The maximum Gasteiger partial charge on any atom is 0.229 e. The molecule has 0 bridgehead atoms. The molecular formula is C18H25N5. The van der Waals surface area contributed by atoms with Gasteiger partial charge in [0.15, 0.2) is 0 Å². The quantitative estimate of drug-likeness (QED) is 0.791. The van der Waals surface area contributed by atoms with E-state index in [1.807, 2.05) is 37.3 Å². The van der Waals surface area contributed by atoms with Crippen LogP contribution in [0.4, 0.5) is 17.5 Å². The second kappa shape index (κ2) is 7.42. The molecule has 1 saturated heterocycles. The lowest BCUT2D eigenvalue weighted by molar-refractivity contribution is 0.392. The average Bonchev–Trinajstić information content (AvgIpc) is 2.58. The Kier molecular flexibility index (Phi) is 5.08. The van der Waals surface area contributed by atoms with E-state index in [9.17, 15) is 0 Å². The Morgan fingerprint density at radius 1 is 1.17 bits per heavy atom. The van der Waals surface area contributed by atoms with E-state index in [1.165, 1.54) is 12.8 Å². The van der Waals surface area contributed by atoms with Crippen molar-refractivity contribution in [3.63, 3.8) is 0 Å². The molecule has 3 rings (SSSR count). The summed E-state index contributed by atoms with van der Waals surface area (Å²) in [6, 6.07) is 10.0. The number of para-hydroxylation sites is 1. The molecule has 3 N–H and O–H groups in total. The van der Waals surface area contributed by atoms with Gasteiger partial charge in [0.05, 0.1) is 0 Å². The van der Waals surface area contributed by atoms with Crippen LogP contribution in [0.2, 0.25) is 0 Å². The van der Waals surface area contributed by atoms with Gasteiger partial charge in [-0.05, 0) is 57.8 Å². The third-order valence-electron chi connectivity index (χ3n) is 4.38. The zero-order chi connectivity index (χ0) is 16.1. The molecule has 2 aromatic rings. The molecule has 0 saturated carbocycles. The van der Waals surface area contributed by atoms with Crippen molar-refractivity contribution in [3.05, 3.63) is 41.6 Å². The van der Waals surface area contributed by atoms with E-state index >= 15 is 0 Å². The minimum Gasteiger partial charge on any atom is -0.369 e. The Hall–Kier alpha value is -2.14. The number of benzene rings is 1. The van der Waals surface area contributed by atoms with Crippen molar-refractivity contribution < 1.29 is 0 Å². The van der Waals surface area contributed by atoms with Crippen LogP contribution in [0.5, 0.6) is 0 Å². The predicted molar refractivity (Wildman–Crippen MR) is 95.3 cm³/mol. The van der Waals surface area contributed by atoms with Crippen molar-refractivity contribution in [2.24, 2.45) is 5.92 Å². The SMILES string of the molecule is Cc1nc(Nc2ccccc2)nc(NCC2CCCNC2)c1C. The first kappa shape index (κ1) is 15.7. The second-order valence-corrected chi connectivity index (χ2v) is 6.19. The van der Waals surface area contributed by atoms with Crippen molar-refractivity contribution in [3.8, 4) is 0 Å². The topological polar surface area (TPSA) is 61.9 Å². The second-order valence-electron chi connectivity index (χ2n) is 6.19. The van der Waals surface area contributed by atoms with E-state index in [0.717, 1.165) is 42.4 Å². The van der Waals surface area contributed by atoms with Gasteiger partial charge in [-0.2, -0.15) is 4.98 Å². The monoisotopic (exact) mass is 311 g/mol. The number of aromatic nitrogens is 2. The van der Waals surface area contributed by atoms with E-state index in [2.05, 4.69) is 32.8 Å². The fourth-order valence-corrected chi connectivity index (χ4v) is 2.85. The standard InChI is InChI=1S/C18H25N5/c1-13-14(2)21-18(22-16-8-4-3-5-9-16)23-17(13)20-12-15-7-6-10-19-11-15/h3-5,8-9,15,19H,6-7,10-12H2,1-2H3,(H2,20,21,22,23). The number of piperidine rings is 1. The smallest absolute Gasteiger partial charge is 0.229 e. The van der Waals surface area contributed by atoms with Crippen LogP contribution >= 0.6 is 0 Å². The number of hydrogen-bond acceptors (Lipinski definition) is 5. The molecule has 0 radical (unpaired) electrons. The Morgan fingerprint density at radius 2 is 2.00 bits per heavy atom. The molecule has 1 unspecified atom stereocenters. The van der Waals surface area contributed by atoms with Gasteiger partial charge in [-0.15, -0.1) is 0 Å². The first-order valence-corrected chi connectivity index (χ1v) is 8.34. The number of hydrogen-bond donors (Lipinski definition) is 3. The summed E-state index contributed by atoms with van der Waals surface area (Å²) in [6.45, 7) is 7.29. The number of nitrogens with one attached hydrogen (secondary N) is 3. The van der Waals surface area contributed by atoms with Crippen LogP contribution in [-0.2, 0) is 0 Å². The summed E-state index contributed by atoms with van der Waals surface area (Å²) >= 11 is 0. The van der Waals surface area contributed by atoms with Crippen molar-refractivity contribution >= 4 is 17.5 Å². The summed E-state index contributed by atoms with van der Waals surface area (Å²) in [6.07, 6.45) is 2.53. The fourth-order valence-electron chi connectivity index (χ4n) is 2.85. The van der Waals surface area contributed by atoms with E-state index in [4.69, 9.17) is 0 Å². The van der Waals surface area contributed by atoms with Crippen LogP contribution in [0.3, 0.4) is 0 Å². The van der Waals surface area contributed by atoms with Gasteiger partial charge in [-0.3, -0.25) is 0 Å². The van der Waals surface area contributed by atoms with E-state index in [0.29, 0.717) is 11.9 Å². The summed E-state index contributed by atoms with van der Waals surface area (Å²) < 4.78 is 0. The highest BCUT2D eigenvalue weighted by Gasteiger charge is 2.14. The molecule has 0 amide bonds. The summed E-state index contributed by atoms with van der Waals surface area (Å²) in [5.41, 5.74) is 3.12. The number of aryl methyl sites for hydroxylation is 1. The van der Waals surface area contributed by atoms with Crippen LogP contribution in [0.25, 0.3) is 0 Å². The van der Waals surface area contributed by atoms with Crippen molar-refractivity contribution in [1.82, 2.24) is 15.3 Å². The highest BCUT2D eigenvalue weighted by atomic mass is 15.1. The number of rotatable bonds is 5. The third kappa shape index (κ3) is 4.20. The molecule has 122 valence electrons. The average molecular weight is 311 g/mol. The van der Waals surface area contributed by atoms with Crippen LogP contribution in [0, 0.1) is 19.8 Å². The fraction of sp³-hybridized carbons (Fsp3) is 0.444. The minimum atomic E-state index is 0.642. The zero-order valence-corrected chi connectivity index (χ0v) is 13.9. The molecule has 1 aromatic carbocycles. The van der Waals surface area contributed by atoms with E-state index < -0.39 is 0 Å². The molecule has 2 heterocycles. The van der Waals surface area contributed by atoms with Gasteiger partial charge < -0.3 is 16.0 Å². The first-order valence-electron chi connectivity index (χ1n) is 8.34. The van der Waals surface area contributed by atoms with Crippen LogP contribution in [0.1, 0.15) is 24.1 Å². The summed E-state index contributed by atoms with van der Waals surface area (Å²) in [7, 11) is 0. The molecule has 5 heteroatoms. The Bertz CT molecular complexity index is 635. The van der Waals surface area contributed by atoms with Gasteiger partial charge in [0.2, 0.25) is 5.95 Å². The Balaban J connectivity index is 1.71. The molecule has 5 nitrogen and oxygen atoms in total. The van der Waals surface area contributed by atoms with Crippen LogP contribution in [-0.4, -0.2) is 29.6 Å². The Labute approximate surface area is 137 Å². The summed E-state index contributed by atoms with van der Waals surface area (Å²) in [4.78, 5) is 9.21. The molecule has 1 aliphatic heterocycles. The normalized spacial score (nSPS) is 17.7. The maximum absolute atomic E-state index is 4.66. The van der Waals surface area contributed by atoms with Crippen molar-refractivity contribution in [2.75, 3.05) is 30.3 Å². The molecule has 0 spiro atoms. The van der Waals surface area contributed by atoms with Gasteiger partial charge in [-0.25, -0.2) is 4.98 Å². The van der Waals surface area contributed by atoms with Gasteiger partial charge >= 0.3 is 0 Å². The molecule has 1 aliphatic rings. The van der Waals surface area contributed by atoms with E-state index in [1.54, 1.807) is 0 Å². The number of anilines is 3. The number of nitrogens with zero attached hydrogens (tertiary/aromatic N) is 2. The molecule has 1 fully saturated rings. The van der Waals surface area contributed by atoms with Gasteiger partial charge in [0.25, 0.3) is 0 Å². The molecule has 23 heavy (non-hydrogen) atoms. The van der Waals surface area contributed by atoms with E-state index in [-0.39, 0.29) is 0 Å². The summed E-state index contributed by atoms with van der Waals surface area (Å²) in [5.74, 6) is 2.24. The lowest BCUT2D eigenvalue weighted by Gasteiger charge is -2.23. The minimum absolute atomic E-state index is 0.642. The van der Waals surface area contributed by atoms with Crippen molar-refractivity contribution in [1.29, 1.82) is 0 Å². The van der Waals surface area contributed by atoms with Crippen LogP contribution in [0.15, 0.2) is 30.3 Å². The predicted octanol–water partition coefficient (Wildman–Crippen LogP) is 3.25. The highest BCUT2D eigenvalue weighted by molar-refractivity contribution is 5.57. The molecular weight excluding hydrogens is 286 g/mol. The maximum atomic E-state index is 4.66. The molecule has 1 atom stereocenters. The Morgan fingerprint density at radius 3 is 2.74 bits per heavy atom. The largest absolute Gasteiger partial charge is 0.369 e. The molecule has 0 aliphatic carbocycles. The highest BCUT2D eigenvalue weighted by Crippen LogP contribution is 2.21. The lowest BCUT2D eigenvalue weighted by atomic mass is 10.00. The van der Waals surface area contributed by atoms with Crippen LogP contribution < -0.4 is 16.0 Å². The first-order chi connectivity index (χ1) is 11.2. The van der Waals surface area contributed by atoms with Gasteiger partial charge in [0.1, 0.15) is 5.82 Å². The third-order valence-corrected chi connectivity index (χ3v) is 4.38.